The molecule has 0 spiro atoms. The Bertz CT molecular complexity index is 385. The van der Waals surface area contributed by atoms with Crippen LogP contribution in [0.5, 0.6) is 0 Å². The number of amides is 1. The number of carbonyl (C=O) groups is 1. The first-order chi connectivity index (χ1) is 6.88. The van der Waals surface area contributed by atoms with Gasteiger partial charge in [-0.3, -0.25) is 4.79 Å². The average molecular weight is 242 g/mol. The van der Waals surface area contributed by atoms with Crippen LogP contribution in [-0.4, -0.2) is 21.0 Å². The van der Waals surface area contributed by atoms with Crippen molar-refractivity contribution in [2.75, 3.05) is 7.05 Å². The lowest BCUT2D eigenvalue weighted by molar-refractivity contribution is 0.0964. The van der Waals surface area contributed by atoms with Crippen molar-refractivity contribution in [1.82, 2.24) is 5.32 Å². The minimum Gasteiger partial charge on any atom is -0.355 e. The molecule has 4 heteroatoms. The van der Waals surface area contributed by atoms with Crippen molar-refractivity contribution in [2.45, 2.75) is 19.6 Å². The molecular formula is C11H16ClNOSi. The number of hydrogen-bond donors (Lipinski definition) is 1. The highest BCUT2D eigenvalue weighted by atomic mass is 35.5. The summed E-state index contributed by atoms with van der Waals surface area (Å²) in [6.07, 6.45) is 0. The summed E-state index contributed by atoms with van der Waals surface area (Å²) < 4.78 is 0. The van der Waals surface area contributed by atoms with Crippen molar-refractivity contribution in [3.63, 3.8) is 0 Å². The van der Waals surface area contributed by atoms with Gasteiger partial charge >= 0.3 is 0 Å². The van der Waals surface area contributed by atoms with Gasteiger partial charge in [0.05, 0.1) is 18.7 Å². The van der Waals surface area contributed by atoms with Gasteiger partial charge in [-0.15, -0.1) is 0 Å². The van der Waals surface area contributed by atoms with Crippen molar-refractivity contribution in [3.05, 3.63) is 28.8 Å². The summed E-state index contributed by atoms with van der Waals surface area (Å²) in [5, 5.41) is 4.28. The van der Waals surface area contributed by atoms with E-state index in [1.807, 2.05) is 12.1 Å². The van der Waals surface area contributed by atoms with Crippen LogP contribution in [-0.2, 0) is 0 Å². The van der Waals surface area contributed by atoms with Crippen molar-refractivity contribution >= 4 is 30.8 Å². The second-order valence-electron chi connectivity index (χ2n) is 4.49. The molecule has 82 valence electrons. The Morgan fingerprint density at radius 3 is 2.40 bits per heavy atom. The molecule has 0 atom stereocenters. The Morgan fingerprint density at radius 1 is 1.33 bits per heavy atom. The van der Waals surface area contributed by atoms with Crippen LogP contribution in [0, 0.1) is 0 Å². The SMILES string of the molecule is CNC(=O)c1c(Cl)cccc1[Si](C)(C)C. The second-order valence-corrected chi connectivity index (χ2v) is 9.94. The maximum atomic E-state index is 11.7. The summed E-state index contributed by atoms with van der Waals surface area (Å²) in [6, 6.07) is 5.67. The van der Waals surface area contributed by atoms with E-state index in [1.54, 1.807) is 13.1 Å². The molecule has 0 aromatic heterocycles. The van der Waals surface area contributed by atoms with Crippen LogP contribution >= 0.6 is 11.6 Å². The number of carbonyl (C=O) groups excluding carboxylic acids is 1. The van der Waals surface area contributed by atoms with E-state index in [-0.39, 0.29) is 5.91 Å². The van der Waals surface area contributed by atoms with Crippen molar-refractivity contribution in [2.24, 2.45) is 0 Å². The molecule has 1 N–H and O–H groups in total. The lowest BCUT2D eigenvalue weighted by Crippen LogP contribution is -2.43. The van der Waals surface area contributed by atoms with Crippen molar-refractivity contribution in [1.29, 1.82) is 0 Å². The highest BCUT2D eigenvalue weighted by Gasteiger charge is 2.24. The lowest BCUT2D eigenvalue weighted by Gasteiger charge is -2.20. The molecule has 0 aliphatic rings. The smallest absolute Gasteiger partial charge is 0.252 e. The Morgan fingerprint density at radius 2 is 1.93 bits per heavy atom. The zero-order valence-electron chi connectivity index (χ0n) is 9.52. The number of nitrogens with one attached hydrogen (secondary N) is 1. The molecule has 0 aliphatic carbocycles. The fourth-order valence-corrected chi connectivity index (χ4v) is 3.44. The zero-order valence-corrected chi connectivity index (χ0v) is 11.3. The topological polar surface area (TPSA) is 29.1 Å². The van der Waals surface area contributed by atoms with Crippen LogP contribution in [0.1, 0.15) is 10.4 Å². The van der Waals surface area contributed by atoms with Crippen LogP contribution in [0.15, 0.2) is 18.2 Å². The normalized spacial score (nSPS) is 11.3. The predicted molar refractivity (Wildman–Crippen MR) is 67.8 cm³/mol. The van der Waals surface area contributed by atoms with Crippen molar-refractivity contribution in [3.8, 4) is 0 Å². The minimum absolute atomic E-state index is 0.0991. The molecule has 1 rings (SSSR count). The van der Waals surface area contributed by atoms with Gasteiger partial charge in [0.1, 0.15) is 0 Å². The first-order valence-electron chi connectivity index (χ1n) is 4.89. The third-order valence-electron chi connectivity index (χ3n) is 2.28. The largest absolute Gasteiger partial charge is 0.355 e. The van der Waals surface area contributed by atoms with Crippen LogP contribution in [0.2, 0.25) is 24.7 Å². The van der Waals surface area contributed by atoms with Gasteiger partial charge in [0.2, 0.25) is 0 Å². The molecule has 0 bridgehead atoms. The third-order valence-corrected chi connectivity index (χ3v) is 4.62. The van der Waals surface area contributed by atoms with E-state index in [0.29, 0.717) is 10.6 Å². The summed E-state index contributed by atoms with van der Waals surface area (Å²) in [6.45, 7) is 6.60. The van der Waals surface area contributed by atoms with E-state index in [4.69, 9.17) is 11.6 Å². The molecule has 0 radical (unpaired) electrons. The quantitative estimate of drug-likeness (QED) is 0.791. The highest BCUT2D eigenvalue weighted by Crippen LogP contribution is 2.17. The second kappa shape index (κ2) is 4.37. The van der Waals surface area contributed by atoms with Gasteiger partial charge in [0.25, 0.3) is 5.91 Å². The predicted octanol–water partition coefficient (Wildman–Crippen LogP) is 2.24. The molecule has 15 heavy (non-hydrogen) atoms. The summed E-state index contributed by atoms with van der Waals surface area (Å²) >= 11 is 6.07. The van der Waals surface area contributed by atoms with E-state index in [1.165, 1.54) is 0 Å². The molecule has 0 fully saturated rings. The van der Waals surface area contributed by atoms with Gasteiger partial charge < -0.3 is 5.32 Å². The zero-order chi connectivity index (χ0) is 11.6. The van der Waals surface area contributed by atoms with Crippen LogP contribution < -0.4 is 10.5 Å². The van der Waals surface area contributed by atoms with Gasteiger partial charge in [-0.25, -0.2) is 0 Å². The van der Waals surface area contributed by atoms with E-state index in [9.17, 15) is 4.79 Å². The van der Waals surface area contributed by atoms with Crippen LogP contribution in [0.25, 0.3) is 0 Å². The molecule has 1 aromatic carbocycles. The van der Waals surface area contributed by atoms with Gasteiger partial charge in [0.15, 0.2) is 0 Å². The molecule has 0 saturated heterocycles. The molecule has 0 unspecified atom stereocenters. The fraction of sp³-hybridized carbons (Fsp3) is 0.364. The fourth-order valence-electron chi connectivity index (χ4n) is 1.50. The molecular weight excluding hydrogens is 226 g/mol. The molecule has 0 aliphatic heterocycles. The maximum absolute atomic E-state index is 11.7. The summed E-state index contributed by atoms with van der Waals surface area (Å²) in [4.78, 5) is 11.7. The van der Waals surface area contributed by atoms with Crippen LogP contribution in [0.4, 0.5) is 0 Å². The molecule has 1 amide bonds. The summed E-state index contributed by atoms with van der Waals surface area (Å²) in [5.74, 6) is -0.0991. The third kappa shape index (κ3) is 2.61. The Labute approximate surface area is 96.7 Å². The number of benzene rings is 1. The first-order valence-corrected chi connectivity index (χ1v) is 8.77. The standard InChI is InChI=1S/C11H16ClNOSi/c1-13-11(14)10-8(12)6-5-7-9(10)15(2,3)4/h5-7H,1-4H3,(H,13,14). The molecule has 0 heterocycles. The Hall–Kier alpha value is -0.803. The number of rotatable bonds is 2. The van der Waals surface area contributed by atoms with E-state index < -0.39 is 8.07 Å². The molecule has 0 saturated carbocycles. The van der Waals surface area contributed by atoms with Crippen molar-refractivity contribution < 1.29 is 4.79 Å². The van der Waals surface area contributed by atoms with Gasteiger partial charge in [-0.1, -0.05) is 43.4 Å². The first kappa shape index (κ1) is 12.3. The van der Waals surface area contributed by atoms with Gasteiger partial charge in [-0.05, 0) is 11.3 Å². The Kier molecular flexibility index (Phi) is 3.57. The molecule has 1 aromatic rings. The summed E-state index contributed by atoms with van der Waals surface area (Å²) in [7, 11) is 0.0911. The van der Waals surface area contributed by atoms with E-state index in [0.717, 1.165) is 5.19 Å². The Balaban J connectivity index is 3.40. The molecule has 2 nitrogen and oxygen atoms in total. The number of hydrogen-bond acceptors (Lipinski definition) is 1. The minimum atomic E-state index is -1.53. The van der Waals surface area contributed by atoms with Gasteiger partial charge in [0, 0.05) is 7.05 Å². The van der Waals surface area contributed by atoms with Crippen LogP contribution in [0.3, 0.4) is 0 Å². The van der Waals surface area contributed by atoms with Gasteiger partial charge in [-0.2, -0.15) is 0 Å². The maximum Gasteiger partial charge on any atom is 0.252 e. The monoisotopic (exact) mass is 241 g/mol. The highest BCUT2D eigenvalue weighted by molar-refractivity contribution is 6.89. The average Bonchev–Trinajstić information content (AvgIpc) is 2.15. The summed E-state index contributed by atoms with van der Waals surface area (Å²) in [5.41, 5.74) is 0.640. The van der Waals surface area contributed by atoms with E-state index in [2.05, 4.69) is 25.0 Å². The lowest BCUT2D eigenvalue weighted by atomic mass is 10.2. The van der Waals surface area contributed by atoms with E-state index >= 15 is 0 Å². The number of halogens is 1.